The maximum atomic E-state index is 11.7. The van der Waals surface area contributed by atoms with Crippen molar-refractivity contribution in [2.24, 2.45) is 11.3 Å². The van der Waals surface area contributed by atoms with Gasteiger partial charge in [0.05, 0.1) is 17.7 Å². The maximum Gasteiger partial charge on any atom is 0.339 e. The Morgan fingerprint density at radius 2 is 2.10 bits per heavy atom. The van der Waals surface area contributed by atoms with Gasteiger partial charge in [0.2, 0.25) is 0 Å². The molecule has 2 rings (SSSR count). The lowest BCUT2D eigenvalue weighted by Crippen LogP contribution is -2.35. The molecule has 21 heavy (non-hydrogen) atoms. The van der Waals surface area contributed by atoms with E-state index < -0.39 is 5.97 Å². The number of halogens is 1. The minimum Gasteiger partial charge on any atom is -0.465 e. The highest BCUT2D eigenvalue weighted by molar-refractivity contribution is 6.33. The zero-order chi connectivity index (χ0) is 15.6. The third kappa shape index (κ3) is 4.13. The Morgan fingerprint density at radius 3 is 2.71 bits per heavy atom. The maximum absolute atomic E-state index is 11.7. The fourth-order valence-electron chi connectivity index (χ4n) is 3.57. The van der Waals surface area contributed by atoms with Crippen LogP contribution in [0.15, 0.2) is 18.2 Å². The molecule has 2 unspecified atom stereocenters. The van der Waals surface area contributed by atoms with Crippen LogP contribution in [0.1, 0.15) is 50.4 Å². The average Bonchev–Trinajstić information content (AvgIpc) is 2.37. The van der Waals surface area contributed by atoms with Crippen LogP contribution in [0.4, 0.5) is 5.69 Å². The molecule has 1 saturated carbocycles. The van der Waals surface area contributed by atoms with Gasteiger partial charge in [-0.25, -0.2) is 4.79 Å². The van der Waals surface area contributed by atoms with Gasteiger partial charge < -0.3 is 10.1 Å². The smallest absolute Gasteiger partial charge is 0.339 e. The van der Waals surface area contributed by atoms with Crippen LogP contribution in [0.5, 0.6) is 0 Å². The molecular formula is C17H24ClNO2. The molecule has 0 aromatic heterocycles. The number of hydrogen-bond donors (Lipinski definition) is 1. The SMILES string of the molecule is COC(=O)c1cc(NC2CC(C)CC(C)(C)C2)ccc1Cl. The molecular weight excluding hydrogens is 286 g/mol. The minimum absolute atomic E-state index is 0.354. The molecule has 0 heterocycles. The van der Waals surface area contributed by atoms with E-state index in [0.717, 1.165) is 18.5 Å². The summed E-state index contributed by atoms with van der Waals surface area (Å²) in [7, 11) is 1.37. The van der Waals surface area contributed by atoms with E-state index in [1.807, 2.05) is 6.07 Å². The summed E-state index contributed by atoms with van der Waals surface area (Å²) in [6, 6.07) is 5.87. The van der Waals surface area contributed by atoms with E-state index in [-0.39, 0.29) is 0 Å². The third-order valence-electron chi connectivity index (χ3n) is 4.13. The minimum atomic E-state index is -0.402. The van der Waals surface area contributed by atoms with Crippen LogP contribution < -0.4 is 5.32 Å². The summed E-state index contributed by atoms with van der Waals surface area (Å²) in [6.45, 7) is 6.94. The molecule has 1 fully saturated rings. The molecule has 1 aliphatic carbocycles. The molecule has 0 spiro atoms. The molecule has 1 aliphatic rings. The van der Waals surface area contributed by atoms with Crippen molar-refractivity contribution in [2.75, 3.05) is 12.4 Å². The molecule has 3 nitrogen and oxygen atoms in total. The number of esters is 1. The summed E-state index contributed by atoms with van der Waals surface area (Å²) in [5, 5.41) is 3.97. The van der Waals surface area contributed by atoms with Crippen LogP contribution in [-0.2, 0) is 4.74 Å². The fraction of sp³-hybridized carbons (Fsp3) is 0.588. The van der Waals surface area contributed by atoms with E-state index in [1.165, 1.54) is 13.5 Å². The lowest BCUT2D eigenvalue weighted by molar-refractivity contribution is 0.0601. The molecule has 0 bridgehead atoms. The van der Waals surface area contributed by atoms with Gasteiger partial charge in [-0.3, -0.25) is 0 Å². The van der Waals surface area contributed by atoms with Gasteiger partial charge in [0, 0.05) is 11.7 Å². The Labute approximate surface area is 132 Å². The Balaban J connectivity index is 2.14. The molecule has 0 aliphatic heterocycles. The van der Waals surface area contributed by atoms with Crippen molar-refractivity contribution >= 4 is 23.3 Å². The zero-order valence-electron chi connectivity index (χ0n) is 13.2. The number of carbonyl (C=O) groups excluding carboxylic acids is 1. The second kappa shape index (κ2) is 6.27. The molecule has 116 valence electrons. The summed E-state index contributed by atoms with van der Waals surface area (Å²) >= 11 is 6.05. The van der Waals surface area contributed by atoms with Gasteiger partial charge in [0.25, 0.3) is 0 Å². The van der Waals surface area contributed by atoms with Crippen molar-refractivity contribution in [3.8, 4) is 0 Å². The lowest BCUT2D eigenvalue weighted by Gasteiger charge is -2.39. The lowest BCUT2D eigenvalue weighted by atomic mass is 9.70. The summed E-state index contributed by atoms with van der Waals surface area (Å²) < 4.78 is 4.76. The molecule has 2 atom stereocenters. The number of anilines is 1. The van der Waals surface area contributed by atoms with Crippen LogP contribution in [0.25, 0.3) is 0 Å². The van der Waals surface area contributed by atoms with Crippen molar-refractivity contribution in [1.82, 2.24) is 0 Å². The normalized spacial score (nSPS) is 24.4. The Bertz CT molecular complexity index is 528. The number of ether oxygens (including phenoxy) is 1. The molecule has 1 aromatic rings. The predicted octanol–water partition coefficient (Wildman–Crippen LogP) is 4.75. The van der Waals surface area contributed by atoms with E-state index in [0.29, 0.717) is 28.0 Å². The Morgan fingerprint density at radius 1 is 1.38 bits per heavy atom. The number of hydrogen-bond acceptors (Lipinski definition) is 3. The first-order valence-corrected chi connectivity index (χ1v) is 7.83. The Hall–Kier alpha value is -1.22. The monoisotopic (exact) mass is 309 g/mol. The number of rotatable bonds is 3. The standard InChI is InChI=1S/C17H24ClNO2/c1-11-7-13(10-17(2,3)9-11)19-12-5-6-15(18)14(8-12)16(20)21-4/h5-6,8,11,13,19H,7,9-10H2,1-4H3. The predicted molar refractivity (Wildman–Crippen MR) is 87.0 cm³/mol. The molecule has 1 N–H and O–H groups in total. The first-order valence-electron chi connectivity index (χ1n) is 7.45. The second-order valence-electron chi connectivity index (χ2n) is 6.94. The number of carbonyl (C=O) groups is 1. The van der Waals surface area contributed by atoms with E-state index in [9.17, 15) is 4.79 Å². The molecule has 1 aromatic carbocycles. The molecule has 4 heteroatoms. The topological polar surface area (TPSA) is 38.3 Å². The highest BCUT2D eigenvalue weighted by atomic mass is 35.5. The van der Waals surface area contributed by atoms with Crippen molar-refractivity contribution in [1.29, 1.82) is 0 Å². The first kappa shape index (κ1) is 16.2. The van der Waals surface area contributed by atoms with Crippen LogP contribution >= 0.6 is 11.6 Å². The van der Waals surface area contributed by atoms with Gasteiger partial charge in [0.15, 0.2) is 0 Å². The molecule has 0 saturated heterocycles. The van der Waals surface area contributed by atoms with Crippen LogP contribution in [0, 0.1) is 11.3 Å². The highest BCUT2D eigenvalue weighted by Gasteiger charge is 2.32. The van der Waals surface area contributed by atoms with Gasteiger partial charge in [-0.05, 0) is 48.8 Å². The number of methoxy groups -OCH3 is 1. The van der Waals surface area contributed by atoms with Crippen molar-refractivity contribution in [3.63, 3.8) is 0 Å². The Kier molecular flexibility index (Phi) is 4.82. The van der Waals surface area contributed by atoms with Crippen molar-refractivity contribution < 1.29 is 9.53 Å². The van der Waals surface area contributed by atoms with E-state index in [2.05, 4.69) is 26.1 Å². The van der Waals surface area contributed by atoms with Crippen LogP contribution in [-0.4, -0.2) is 19.1 Å². The second-order valence-corrected chi connectivity index (χ2v) is 7.35. The van der Waals surface area contributed by atoms with Gasteiger partial charge in [-0.2, -0.15) is 0 Å². The average molecular weight is 310 g/mol. The summed E-state index contributed by atoms with van der Waals surface area (Å²) in [5.41, 5.74) is 1.69. The molecule has 0 amide bonds. The van der Waals surface area contributed by atoms with Crippen molar-refractivity contribution in [3.05, 3.63) is 28.8 Å². The van der Waals surface area contributed by atoms with Crippen LogP contribution in [0.2, 0.25) is 5.02 Å². The van der Waals surface area contributed by atoms with Gasteiger partial charge >= 0.3 is 5.97 Å². The van der Waals surface area contributed by atoms with E-state index in [1.54, 1.807) is 12.1 Å². The number of benzene rings is 1. The summed E-state index contributed by atoms with van der Waals surface area (Å²) in [6.07, 6.45) is 3.55. The summed E-state index contributed by atoms with van der Waals surface area (Å²) in [5.74, 6) is 0.305. The summed E-state index contributed by atoms with van der Waals surface area (Å²) in [4.78, 5) is 11.7. The number of nitrogens with one attached hydrogen (secondary N) is 1. The van der Waals surface area contributed by atoms with Gasteiger partial charge in [-0.1, -0.05) is 32.4 Å². The fourth-order valence-corrected chi connectivity index (χ4v) is 3.77. The van der Waals surface area contributed by atoms with E-state index >= 15 is 0 Å². The highest BCUT2D eigenvalue weighted by Crippen LogP contribution is 2.39. The van der Waals surface area contributed by atoms with Gasteiger partial charge in [-0.15, -0.1) is 0 Å². The van der Waals surface area contributed by atoms with E-state index in [4.69, 9.17) is 16.3 Å². The quantitative estimate of drug-likeness (QED) is 0.819. The zero-order valence-corrected chi connectivity index (χ0v) is 14.0. The third-order valence-corrected chi connectivity index (χ3v) is 4.46. The van der Waals surface area contributed by atoms with Crippen LogP contribution in [0.3, 0.4) is 0 Å². The van der Waals surface area contributed by atoms with Crippen molar-refractivity contribution in [2.45, 2.75) is 46.1 Å². The first-order chi connectivity index (χ1) is 9.80. The van der Waals surface area contributed by atoms with Gasteiger partial charge in [0.1, 0.15) is 0 Å². The molecule has 0 radical (unpaired) electrons. The largest absolute Gasteiger partial charge is 0.465 e.